The smallest absolute Gasteiger partial charge is 0.341 e. The first-order chi connectivity index (χ1) is 12.8. The molecule has 0 saturated carbocycles. The van der Waals surface area contributed by atoms with Crippen LogP contribution < -0.4 is 5.32 Å². The van der Waals surface area contributed by atoms with Gasteiger partial charge in [0.2, 0.25) is 11.4 Å². The minimum atomic E-state index is -2.54. The van der Waals surface area contributed by atoms with Crippen LogP contribution in [0, 0.1) is 0 Å². The van der Waals surface area contributed by atoms with Crippen LogP contribution in [0.25, 0.3) is 11.1 Å². The fourth-order valence-electron chi connectivity index (χ4n) is 2.70. The highest BCUT2D eigenvalue weighted by molar-refractivity contribution is 6.07. The second kappa shape index (κ2) is 8.27. The molecule has 7 nitrogen and oxygen atoms in total. The number of hydrogen-bond acceptors (Lipinski definition) is 4. The molecule has 0 heterocycles. The second-order valence-electron chi connectivity index (χ2n) is 6.06. The summed E-state index contributed by atoms with van der Waals surface area (Å²) in [6.07, 6.45) is -0.903. The number of rotatable bonds is 8. The van der Waals surface area contributed by atoms with Crippen molar-refractivity contribution in [3.63, 3.8) is 0 Å². The molecule has 3 N–H and O–H groups in total. The van der Waals surface area contributed by atoms with Gasteiger partial charge in [0.15, 0.2) is 5.78 Å². The van der Waals surface area contributed by atoms with Gasteiger partial charge in [-0.05, 0) is 17.5 Å². The zero-order valence-electron chi connectivity index (χ0n) is 14.6. The van der Waals surface area contributed by atoms with Gasteiger partial charge >= 0.3 is 11.9 Å². The molecule has 0 aliphatic heterocycles. The number of Topliss-reactive ketones (excluding diaryl/α,β-unsaturated/α-hetero) is 1. The van der Waals surface area contributed by atoms with Crippen molar-refractivity contribution in [3.05, 3.63) is 60.2 Å². The number of ketones is 1. The summed E-state index contributed by atoms with van der Waals surface area (Å²) < 4.78 is 0. The van der Waals surface area contributed by atoms with Gasteiger partial charge in [0.05, 0.1) is 0 Å². The molecule has 140 valence electrons. The maximum atomic E-state index is 12.4. The largest absolute Gasteiger partial charge is 0.479 e. The molecule has 0 aromatic heterocycles. The lowest BCUT2D eigenvalue weighted by Gasteiger charge is -2.25. The Morgan fingerprint density at radius 1 is 0.852 bits per heavy atom. The molecule has 0 saturated heterocycles. The summed E-state index contributed by atoms with van der Waals surface area (Å²) in [5.74, 6) is -4.67. The van der Waals surface area contributed by atoms with Crippen molar-refractivity contribution in [1.82, 2.24) is 5.32 Å². The molecule has 2 rings (SSSR count). The Balaban J connectivity index is 2.14. The summed E-state index contributed by atoms with van der Waals surface area (Å²) in [5.41, 5.74) is -0.304. The maximum Gasteiger partial charge on any atom is 0.341 e. The molecule has 0 atom stereocenters. The third-order valence-corrected chi connectivity index (χ3v) is 4.16. The van der Waals surface area contributed by atoms with Gasteiger partial charge in [0.25, 0.3) is 0 Å². The van der Waals surface area contributed by atoms with E-state index in [1.54, 1.807) is 24.3 Å². The molecule has 0 aliphatic rings. The average Bonchev–Trinajstić information content (AvgIpc) is 2.65. The molecule has 1 amide bonds. The van der Waals surface area contributed by atoms with E-state index in [-0.39, 0.29) is 6.42 Å². The van der Waals surface area contributed by atoms with Crippen LogP contribution in [0.3, 0.4) is 0 Å². The highest BCUT2D eigenvalue weighted by Gasteiger charge is 2.47. The lowest BCUT2D eigenvalue weighted by molar-refractivity contribution is -0.161. The van der Waals surface area contributed by atoms with E-state index in [4.69, 9.17) is 0 Å². The van der Waals surface area contributed by atoms with E-state index in [2.05, 4.69) is 0 Å². The Kier molecular flexibility index (Phi) is 6.07. The number of carboxylic acids is 2. The summed E-state index contributed by atoms with van der Waals surface area (Å²) in [4.78, 5) is 46.5. The van der Waals surface area contributed by atoms with Crippen LogP contribution in [-0.2, 0) is 14.4 Å². The molecule has 0 bridgehead atoms. The topological polar surface area (TPSA) is 121 Å². The van der Waals surface area contributed by atoms with E-state index in [1.165, 1.54) is 0 Å². The predicted octanol–water partition coefficient (Wildman–Crippen LogP) is 2.36. The van der Waals surface area contributed by atoms with Crippen LogP contribution in [0.15, 0.2) is 54.6 Å². The monoisotopic (exact) mass is 369 g/mol. The van der Waals surface area contributed by atoms with E-state index in [1.807, 2.05) is 35.6 Å². The Hall–Kier alpha value is -3.48. The number of carboxylic acid groups (broad SMARTS) is 2. The van der Waals surface area contributed by atoms with Gasteiger partial charge in [0.1, 0.15) is 0 Å². The van der Waals surface area contributed by atoms with Crippen LogP contribution in [0.2, 0.25) is 0 Å². The summed E-state index contributed by atoms with van der Waals surface area (Å²) in [6.45, 7) is 1.02. The van der Waals surface area contributed by atoms with Gasteiger partial charge in [0, 0.05) is 18.9 Å². The van der Waals surface area contributed by atoms with Crippen LogP contribution in [0.5, 0.6) is 0 Å². The lowest BCUT2D eigenvalue weighted by atomic mass is 9.90. The van der Waals surface area contributed by atoms with Crippen molar-refractivity contribution in [3.8, 4) is 11.1 Å². The Bertz CT molecular complexity index is 844. The minimum Gasteiger partial charge on any atom is -0.479 e. The van der Waals surface area contributed by atoms with Crippen LogP contribution in [0.4, 0.5) is 0 Å². The lowest BCUT2D eigenvalue weighted by Crippen LogP contribution is -2.59. The third kappa shape index (κ3) is 4.58. The first-order valence-electron chi connectivity index (χ1n) is 8.20. The molecule has 0 unspecified atom stereocenters. The van der Waals surface area contributed by atoms with Crippen molar-refractivity contribution in [1.29, 1.82) is 0 Å². The number of benzene rings is 2. The zero-order chi connectivity index (χ0) is 20.0. The molecule has 27 heavy (non-hydrogen) atoms. The number of nitrogens with one attached hydrogen (secondary N) is 1. The maximum absolute atomic E-state index is 12.4. The molecule has 0 radical (unpaired) electrons. The van der Waals surface area contributed by atoms with E-state index in [0.29, 0.717) is 5.56 Å². The van der Waals surface area contributed by atoms with Gasteiger partial charge in [-0.2, -0.15) is 0 Å². The summed E-state index contributed by atoms with van der Waals surface area (Å²) in [5, 5.41) is 20.5. The number of aliphatic carboxylic acids is 2. The quantitative estimate of drug-likeness (QED) is 0.485. The first-order valence-corrected chi connectivity index (χ1v) is 8.20. The highest BCUT2D eigenvalue weighted by Crippen LogP contribution is 2.21. The Labute approximate surface area is 155 Å². The number of amides is 1. The standard InChI is InChI=1S/C20H19NO6/c1-13(22)21-20(18(24)25,19(26)27)12-11-17(23)16-9-7-15(8-10-16)14-5-3-2-4-6-14/h2-10H,11-12H2,1H3,(H,21,22)(H,24,25)(H,26,27). The van der Waals surface area contributed by atoms with E-state index in [0.717, 1.165) is 18.1 Å². The molecule has 2 aromatic carbocycles. The van der Waals surface area contributed by atoms with Gasteiger partial charge in [-0.3, -0.25) is 9.59 Å². The van der Waals surface area contributed by atoms with Crippen molar-refractivity contribution >= 4 is 23.6 Å². The summed E-state index contributed by atoms with van der Waals surface area (Å²) in [6, 6.07) is 16.3. The first kappa shape index (κ1) is 19.8. The number of carbonyl (C=O) groups excluding carboxylic acids is 2. The van der Waals surface area contributed by atoms with Crippen LogP contribution in [0.1, 0.15) is 30.1 Å². The Morgan fingerprint density at radius 2 is 1.37 bits per heavy atom. The predicted molar refractivity (Wildman–Crippen MR) is 97.3 cm³/mol. The Morgan fingerprint density at radius 3 is 1.85 bits per heavy atom. The minimum absolute atomic E-state index is 0.335. The fourth-order valence-corrected chi connectivity index (χ4v) is 2.70. The molecule has 0 spiro atoms. The van der Waals surface area contributed by atoms with Crippen molar-refractivity contribution in [2.75, 3.05) is 0 Å². The van der Waals surface area contributed by atoms with Crippen molar-refractivity contribution < 1.29 is 29.4 Å². The molecule has 0 aliphatic carbocycles. The third-order valence-electron chi connectivity index (χ3n) is 4.16. The van der Waals surface area contributed by atoms with Gasteiger partial charge in [-0.1, -0.05) is 54.6 Å². The normalized spacial score (nSPS) is 10.9. The zero-order valence-corrected chi connectivity index (χ0v) is 14.6. The fraction of sp³-hybridized carbons (Fsp3) is 0.200. The van der Waals surface area contributed by atoms with Crippen molar-refractivity contribution in [2.24, 2.45) is 0 Å². The van der Waals surface area contributed by atoms with Gasteiger partial charge in [-0.25, -0.2) is 9.59 Å². The number of carbonyl (C=O) groups is 4. The van der Waals surface area contributed by atoms with Gasteiger partial charge in [-0.15, -0.1) is 0 Å². The average molecular weight is 369 g/mol. The summed E-state index contributed by atoms with van der Waals surface area (Å²) >= 11 is 0. The molecular weight excluding hydrogens is 350 g/mol. The summed E-state index contributed by atoms with van der Waals surface area (Å²) in [7, 11) is 0. The SMILES string of the molecule is CC(=O)NC(CCC(=O)c1ccc(-c2ccccc2)cc1)(C(=O)O)C(=O)O. The molecule has 7 heteroatoms. The molecule has 0 fully saturated rings. The van der Waals surface area contributed by atoms with Gasteiger partial charge < -0.3 is 15.5 Å². The van der Waals surface area contributed by atoms with E-state index < -0.39 is 35.6 Å². The molecular formula is C20H19NO6. The number of hydrogen-bond donors (Lipinski definition) is 3. The van der Waals surface area contributed by atoms with Crippen molar-refractivity contribution in [2.45, 2.75) is 25.3 Å². The second-order valence-corrected chi connectivity index (χ2v) is 6.06. The van der Waals surface area contributed by atoms with Crippen LogP contribution >= 0.6 is 0 Å². The van der Waals surface area contributed by atoms with E-state index >= 15 is 0 Å². The van der Waals surface area contributed by atoms with E-state index in [9.17, 15) is 29.4 Å². The molecule has 2 aromatic rings. The highest BCUT2D eigenvalue weighted by atomic mass is 16.4. The van der Waals surface area contributed by atoms with Crippen LogP contribution in [-0.4, -0.2) is 39.4 Å².